The fourth-order valence-electron chi connectivity index (χ4n) is 2.38. The van der Waals surface area contributed by atoms with Gasteiger partial charge in [-0.2, -0.15) is 4.31 Å². The fourth-order valence-corrected chi connectivity index (χ4v) is 4.21. The molecule has 1 saturated heterocycles. The van der Waals surface area contributed by atoms with Gasteiger partial charge in [-0.05, 0) is 24.4 Å². The molecular weight excluding hydrogens is 283 g/mol. The number of benzene rings is 1. The molecule has 0 aromatic heterocycles. The third kappa shape index (κ3) is 3.27. The Morgan fingerprint density at radius 1 is 1.45 bits per heavy atom. The Morgan fingerprint density at radius 3 is 2.90 bits per heavy atom. The van der Waals surface area contributed by atoms with Crippen molar-refractivity contribution in [2.75, 3.05) is 13.1 Å². The molecule has 6 nitrogen and oxygen atoms in total. The second-order valence-electron chi connectivity index (χ2n) is 4.67. The molecule has 1 heterocycles. The second kappa shape index (κ2) is 6.21. The second-order valence-corrected chi connectivity index (χ2v) is 6.59. The van der Waals surface area contributed by atoms with Crippen molar-refractivity contribution in [3.63, 3.8) is 0 Å². The first kappa shape index (κ1) is 14.8. The molecule has 0 aliphatic carbocycles. The number of hydrogen-bond donors (Lipinski definition) is 0. The van der Waals surface area contributed by atoms with Crippen LogP contribution < -0.4 is 0 Å². The minimum absolute atomic E-state index is 0.118. The van der Waals surface area contributed by atoms with E-state index >= 15 is 0 Å². The average molecular weight is 298 g/mol. The number of nitrogens with zero attached hydrogens (tertiary/aromatic N) is 4. The summed E-state index contributed by atoms with van der Waals surface area (Å²) >= 11 is 0. The molecular formula is C12H15FN4O2S. The van der Waals surface area contributed by atoms with Crippen molar-refractivity contribution in [2.24, 2.45) is 5.11 Å². The van der Waals surface area contributed by atoms with Crippen molar-refractivity contribution in [1.82, 2.24) is 4.31 Å². The summed E-state index contributed by atoms with van der Waals surface area (Å²) in [6.45, 7) is 0.509. The molecule has 0 amide bonds. The molecule has 20 heavy (non-hydrogen) atoms. The van der Waals surface area contributed by atoms with E-state index in [9.17, 15) is 12.8 Å². The van der Waals surface area contributed by atoms with Crippen molar-refractivity contribution in [3.8, 4) is 0 Å². The van der Waals surface area contributed by atoms with E-state index < -0.39 is 15.8 Å². The molecule has 0 N–H and O–H groups in total. The molecule has 1 aliphatic rings. The summed E-state index contributed by atoms with van der Waals surface area (Å²) in [5.74, 6) is -0.895. The zero-order chi connectivity index (χ0) is 14.6. The van der Waals surface area contributed by atoms with Crippen LogP contribution in [0.5, 0.6) is 0 Å². The van der Waals surface area contributed by atoms with Gasteiger partial charge in [-0.15, -0.1) is 0 Å². The molecule has 1 fully saturated rings. The Balaban J connectivity index is 2.17. The van der Waals surface area contributed by atoms with E-state index in [4.69, 9.17) is 5.53 Å². The molecule has 8 heteroatoms. The quantitative estimate of drug-likeness (QED) is 0.475. The van der Waals surface area contributed by atoms with Crippen LogP contribution in [-0.4, -0.2) is 31.9 Å². The van der Waals surface area contributed by atoms with E-state index in [0.29, 0.717) is 13.0 Å². The van der Waals surface area contributed by atoms with E-state index in [1.807, 2.05) is 0 Å². The van der Waals surface area contributed by atoms with Crippen molar-refractivity contribution < 1.29 is 12.8 Å². The topological polar surface area (TPSA) is 86.1 Å². The summed E-state index contributed by atoms with van der Waals surface area (Å²) in [6, 6.07) is 5.52. The average Bonchev–Trinajstić information content (AvgIpc) is 2.88. The summed E-state index contributed by atoms with van der Waals surface area (Å²) in [5.41, 5.74) is 8.48. The van der Waals surface area contributed by atoms with Gasteiger partial charge in [0.25, 0.3) is 0 Å². The van der Waals surface area contributed by atoms with Crippen molar-refractivity contribution in [1.29, 1.82) is 0 Å². The van der Waals surface area contributed by atoms with Crippen LogP contribution >= 0.6 is 0 Å². The SMILES string of the molecule is [N-]=[N+]=NCC1CCCN1S(=O)(=O)Cc1ccccc1F. The summed E-state index contributed by atoms with van der Waals surface area (Å²) in [6.07, 6.45) is 1.39. The zero-order valence-electron chi connectivity index (χ0n) is 10.8. The van der Waals surface area contributed by atoms with Gasteiger partial charge in [-0.1, -0.05) is 23.3 Å². The minimum Gasteiger partial charge on any atom is -0.212 e. The molecule has 0 radical (unpaired) electrons. The Hall–Kier alpha value is -1.63. The van der Waals surface area contributed by atoms with Crippen molar-refractivity contribution >= 4 is 10.0 Å². The summed E-state index contributed by atoms with van der Waals surface area (Å²) in [7, 11) is -3.61. The molecule has 1 aliphatic heterocycles. The maximum Gasteiger partial charge on any atom is 0.218 e. The largest absolute Gasteiger partial charge is 0.218 e. The smallest absolute Gasteiger partial charge is 0.212 e. The van der Waals surface area contributed by atoms with Gasteiger partial charge < -0.3 is 0 Å². The van der Waals surface area contributed by atoms with E-state index in [-0.39, 0.29) is 23.9 Å². The highest BCUT2D eigenvalue weighted by Crippen LogP contribution is 2.24. The Kier molecular flexibility index (Phi) is 4.59. The normalized spacial score (nSPS) is 19.8. The first-order valence-electron chi connectivity index (χ1n) is 6.28. The Bertz CT molecular complexity index is 628. The highest BCUT2D eigenvalue weighted by Gasteiger charge is 2.34. The predicted octanol–water partition coefficient (Wildman–Crippen LogP) is 2.43. The molecule has 108 valence electrons. The Labute approximate surface area is 116 Å². The standard InChI is InChI=1S/C12H15FN4O2S/c13-12-6-2-1-4-10(12)9-20(18,19)17-7-3-5-11(17)8-15-16-14/h1-2,4,6,11H,3,5,7-9H2. The summed E-state index contributed by atoms with van der Waals surface area (Å²) in [5, 5.41) is 3.44. The lowest BCUT2D eigenvalue weighted by molar-refractivity contribution is 0.392. The zero-order valence-corrected chi connectivity index (χ0v) is 11.6. The van der Waals surface area contributed by atoms with E-state index in [0.717, 1.165) is 6.42 Å². The van der Waals surface area contributed by atoms with Crippen LogP contribution in [0.1, 0.15) is 18.4 Å². The number of hydrogen-bond acceptors (Lipinski definition) is 3. The van der Waals surface area contributed by atoms with Crippen molar-refractivity contribution in [2.45, 2.75) is 24.6 Å². The molecule has 0 bridgehead atoms. The van der Waals surface area contributed by atoms with E-state index in [1.54, 1.807) is 6.07 Å². The van der Waals surface area contributed by atoms with Gasteiger partial charge in [0, 0.05) is 29.6 Å². The first-order valence-corrected chi connectivity index (χ1v) is 7.89. The molecule has 1 unspecified atom stereocenters. The molecule has 1 atom stereocenters. The fraction of sp³-hybridized carbons (Fsp3) is 0.500. The number of halogens is 1. The highest BCUT2D eigenvalue weighted by molar-refractivity contribution is 7.88. The number of sulfonamides is 1. The summed E-state index contributed by atoms with van der Waals surface area (Å²) < 4.78 is 39.6. The van der Waals surface area contributed by atoms with E-state index in [1.165, 1.54) is 22.5 Å². The van der Waals surface area contributed by atoms with Crippen LogP contribution in [0.4, 0.5) is 4.39 Å². The molecule has 2 rings (SSSR count). The minimum atomic E-state index is -3.61. The number of rotatable bonds is 5. The van der Waals surface area contributed by atoms with Gasteiger partial charge in [-0.25, -0.2) is 12.8 Å². The maximum absolute atomic E-state index is 13.6. The van der Waals surface area contributed by atoms with Crippen LogP contribution in [0.15, 0.2) is 29.4 Å². The van der Waals surface area contributed by atoms with Gasteiger partial charge >= 0.3 is 0 Å². The van der Waals surface area contributed by atoms with Crippen molar-refractivity contribution in [3.05, 3.63) is 46.1 Å². The molecule has 1 aromatic carbocycles. The predicted molar refractivity (Wildman–Crippen MR) is 72.8 cm³/mol. The van der Waals surface area contributed by atoms with Crippen LogP contribution in [0.25, 0.3) is 10.4 Å². The highest BCUT2D eigenvalue weighted by atomic mass is 32.2. The lowest BCUT2D eigenvalue weighted by Crippen LogP contribution is -2.38. The van der Waals surface area contributed by atoms with Gasteiger partial charge in [0.2, 0.25) is 10.0 Å². The molecule has 0 spiro atoms. The van der Waals surface area contributed by atoms with Gasteiger partial charge in [0.1, 0.15) is 5.82 Å². The third-order valence-corrected chi connectivity index (χ3v) is 5.20. The molecule has 1 aromatic rings. The Morgan fingerprint density at radius 2 is 2.20 bits per heavy atom. The van der Waals surface area contributed by atoms with Crippen LogP contribution in [-0.2, 0) is 15.8 Å². The van der Waals surface area contributed by atoms with Crippen LogP contribution in [0.3, 0.4) is 0 Å². The monoisotopic (exact) mass is 298 g/mol. The van der Waals surface area contributed by atoms with Gasteiger partial charge in [0.05, 0.1) is 5.75 Å². The van der Waals surface area contributed by atoms with Crippen LogP contribution in [0, 0.1) is 5.82 Å². The lowest BCUT2D eigenvalue weighted by atomic mass is 10.2. The van der Waals surface area contributed by atoms with E-state index in [2.05, 4.69) is 10.0 Å². The molecule has 0 saturated carbocycles. The first-order chi connectivity index (χ1) is 9.54. The van der Waals surface area contributed by atoms with Crippen LogP contribution in [0.2, 0.25) is 0 Å². The lowest BCUT2D eigenvalue weighted by Gasteiger charge is -2.22. The third-order valence-electron chi connectivity index (χ3n) is 3.33. The van der Waals surface area contributed by atoms with Gasteiger partial charge in [0.15, 0.2) is 0 Å². The number of azide groups is 1. The van der Waals surface area contributed by atoms with Gasteiger partial charge in [-0.3, -0.25) is 0 Å². The summed E-state index contributed by atoms with van der Waals surface area (Å²) in [4.78, 5) is 2.66. The maximum atomic E-state index is 13.6.